The Kier molecular flexibility index (Phi) is 8.63. The Bertz CT molecular complexity index is 675. The van der Waals surface area contributed by atoms with E-state index in [1.165, 1.54) is 50.6 Å². The van der Waals surface area contributed by atoms with E-state index in [1.54, 1.807) is 11.8 Å². The number of nitrogens with one attached hydrogen (secondary N) is 1. The Morgan fingerprint density at radius 2 is 1.79 bits per heavy atom. The van der Waals surface area contributed by atoms with Gasteiger partial charge in [0, 0.05) is 36.3 Å². The molecule has 0 spiro atoms. The van der Waals surface area contributed by atoms with Crippen LogP contribution in [-0.2, 0) is 0 Å². The highest BCUT2D eigenvalue weighted by Gasteiger charge is 2.20. The number of thioether (sulfide) groups is 1. The van der Waals surface area contributed by atoms with Gasteiger partial charge in [-0.25, -0.2) is 0 Å². The molecule has 1 heterocycles. The quantitative estimate of drug-likeness (QED) is 0.404. The number of benzene rings is 1. The van der Waals surface area contributed by atoms with Crippen molar-refractivity contribution in [1.82, 2.24) is 4.90 Å². The molecule has 1 aromatic carbocycles. The van der Waals surface area contributed by atoms with Gasteiger partial charge in [0.1, 0.15) is 0 Å². The lowest BCUT2D eigenvalue weighted by molar-refractivity contribution is 0.249. The van der Waals surface area contributed by atoms with Crippen LogP contribution in [0.2, 0.25) is 0 Å². The molecule has 2 aliphatic rings. The van der Waals surface area contributed by atoms with Crippen molar-refractivity contribution >= 4 is 45.6 Å². The molecule has 29 heavy (non-hydrogen) atoms. The molecule has 0 aromatic heterocycles. The Hall–Kier alpha value is -1.31. The minimum atomic E-state index is 0.429. The molecule has 0 amide bonds. The molecule has 1 saturated heterocycles. The van der Waals surface area contributed by atoms with Crippen molar-refractivity contribution in [2.75, 3.05) is 43.2 Å². The van der Waals surface area contributed by atoms with Gasteiger partial charge < -0.3 is 20.9 Å². The second kappa shape index (κ2) is 11.2. The lowest BCUT2D eigenvalue weighted by Crippen LogP contribution is -2.41. The van der Waals surface area contributed by atoms with Gasteiger partial charge in [0.2, 0.25) is 0 Å². The second-order valence-electron chi connectivity index (χ2n) is 8.42. The Morgan fingerprint density at radius 1 is 1.14 bits per heavy atom. The van der Waals surface area contributed by atoms with Crippen molar-refractivity contribution in [1.29, 1.82) is 0 Å². The average Bonchev–Trinajstić information content (AvgIpc) is 2.73. The summed E-state index contributed by atoms with van der Waals surface area (Å²) in [5.41, 5.74) is 8.30. The molecule has 0 atom stereocenters. The molecule has 0 unspecified atom stereocenters. The van der Waals surface area contributed by atoms with Crippen molar-refractivity contribution in [3.05, 3.63) is 24.3 Å². The van der Waals surface area contributed by atoms with E-state index in [9.17, 15) is 0 Å². The third kappa shape index (κ3) is 7.15. The fourth-order valence-corrected chi connectivity index (χ4v) is 5.41. The Labute approximate surface area is 185 Å². The maximum Gasteiger partial charge on any atom is 0.199 e. The summed E-state index contributed by atoms with van der Waals surface area (Å²) in [7, 11) is 4.35. The summed E-state index contributed by atoms with van der Waals surface area (Å²) in [5, 5.41) is 4.18. The summed E-state index contributed by atoms with van der Waals surface area (Å²) >= 11 is 7.01. The standard InChI is InChI=1S/C22H35N5S2/c1-26(2)19-12-14-27(15-13-19)20-10-8-18(9-11-20)24-22(28)25-21(23)29-16-17-6-4-3-5-7-17/h8-11,17,19H,3-7,12-16H2,1-2H3,(H3,23,24,25,28). The number of thiocarbonyl (C=S) groups is 1. The van der Waals surface area contributed by atoms with Crippen LogP contribution in [0.1, 0.15) is 44.9 Å². The van der Waals surface area contributed by atoms with E-state index in [0.29, 0.717) is 16.3 Å². The molecule has 7 heteroatoms. The maximum absolute atomic E-state index is 6.07. The molecule has 1 aromatic rings. The van der Waals surface area contributed by atoms with E-state index < -0.39 is 0 Å². The molecule has 0 radical (unpaired) electrons. The van der Waals surface area contributed by atoms with Crippen LogP contribution in [0.5, 0.6) is 0 Å². The predicted molar refractivity (Wildman–Crippen MR) is 132 cm³/mol. The van der Waals surface area contributed by atoms with E-state index in [-0.39, 0.29) is 0 Å². The Morgan fingerprint density at radius 3 is 2.41 bits per heavy atom. The van der Waals surface area contributed by atoms with Crippen LogP contribution in [0, 0.1) is 5.92 Å². The lowest BCUT2D eigenvalue weighted by atomic mass is 9.91. The summed E-state index contributed by atoms with van der Waals surface area (Å²) in [6, 6.07) is 9.16. The highest BCUT2D eigenvalue weighted by atomic mass is 32.2. The molecule has 1 aliphatic carbocycles. The first-order valence-electron chi connectivity index (χ1n) is 10.8. The minimum absolute atomic E-state index is 0.429. The smallest absolute Gasteiger partial charge is 0.199 e. The summed E-state index contributed by atoms with van der Waals surface area (Å²) in [4.78, 5) is 9.15. The number of nitrogens with two attached hydrogens (primary N) is 1. The summed E-state index contributed by atoms with van der Waals surface area (Å²) in [6.07, 6.45) is 9.15. The normalized spacial score (nSPS) is 19.6. The first kappa shape index (κ1) is 22.4. The molecule has 3 rings (SSSR count). The minimum Gasteiger partial charge on any atom is -0.378 e. The number of nitrogens with zero attached hydrogens (tertiary/aromatic N) is 3. The third-order valence-electron chi connectivity index (χ3n) is 6.08. The highest BCUT2D eigenvalue weighted by molar-refractivity contribution is 8.13. The number of hydrogen-bond acceptors (Lipinski definition) is 4. The molecule has 1 saturated carbocycles. The monoisotopic (exact) mass is 433 g/mol. The van der Waals surface area contributed by atoms with E-state index >= 15 is 0 Å². The zero-order chi connectivity index (χ0) is 20.6. The zero-order valence-corrected chi connectivity index (χ0v) is 19.4. The van der Waals surface area contributed by atoms with Crippen molar-refractivity contribution in [2.24, 2.45) is 16.6 Å². The Balaban J connectivity index is 1.44. The largest absolute Gasteiger partial charge is 0.378 e. The van der Waals surface area contributed by atoms with Crippen LogP contribution in [0.25, 0.3) is 0 Å². The SMILES string of the molecule is CN(C)C1CCN(c2ccc(NC(=S)/N=C(\N)SCC3CCCCC3)cc2)CC1. The van der Waals surface area contributed by atoms with Gasteiger partial charge in [0.25, 0.3) is 0 Å². The number of amidine groups is 1. The fraction of sp³-hybridized carbons (Fsp3) is 0.636. The van der Waals surface area contributed by atoms with Crippen molar-refractivity contribution in [3.8, 4) is 0 Å². The predicted octanol–water partition coefficient (Wildman–Crippen LogP) is 4.54. The molecule has 160 valence electrons. The van der Waals surface area contributed by atoms with Gasteiger partial charge >= 0.3 is 0 Å². The van der Waals surface area contributed by atoms with Crippen LogP contribution in [0.4, 0.5) is 11.4 Å². The average molecular weight is 434 g/mol. The van der Waals surface area contributed by atoms with Crippen LogP contribution in [-0.4, -0.2) is 54.2 Å². The van der Waals surface area contributed by atoms with Gasteiger partial charge in [-0.15, -0.1) is 0 Å². The molecule has 2 fully saturated rings. The van der Waals surface area contributed by atoms with Gasteiger partial charge in [-0.05, 0) is 82.2 Å². The van der Waals surface area contributed by atoms with Gasteiger partial charge in [-0.2, -0.15) is 4.99 Å². The molecular weight excluding hydrogens is 398 g/mol. The maximum atomic E-state index is 6.07. The van der Waals surface area contributed by atoms with Gasteiger partial charge in [0.15, 0.2) is 10.3 Å². The number of aliphatic imine (C=N–C) groups is 1. The van der Waals surface area contributed by atoms with Crippen LogP contribution >= 0.6 is 24.0 Å². The number of rotatable bonds is 5. The molecule has 3 N–H and O–H groups in total. The second-order valence-corrected chi connectivity index (χ2v) is 9.85. The van der Waals surface area contributed by atoms with E-state index in [1.807, 2.05) is 0 Å². The van der Waals surface area contributed by atoms with E-state index in [2.05, 4.69) is 58.5 Å². The number of piperidine rings is 1. The first-order valence-corrected chi connectivity index (χ1v) is 12.2. The van der Waals surface area contributed by atoms with Gasteiger partial charge in [0.05, 0.1) is 0 Å². The van der Waals surface area contributed by atoms with Crippen molar-refractivity contribution in [2.45, 2.75) is 51.0 Å². The van der Waals surface area contributed by atoms with Crippen molar-refractivity contribution < 1.29 is 0 Å². The van der Waals surface area contributed by atoms with Crippen molar-refractivity contribution in [3.63, 3.8) is 0 Å². The molecule has 1 aliphatic heterocycles. The lowest BCUT2D eigenvalue weighted by Gasteiger charge is -2.36. The molecule has 5 nitrogen and oxygen atoms in total. The first-order chi connectivity index (χ1) is 14.0. The fourth-order valence-electron chi connectivity index (χ4n) is 4.24. The van der Waals surface area contributed by atoms with Gasteiger partial charge in [-0.3, -0.25) is 0 Å². The van der Waals surface area contributed by atoms with E-state index in [0.717, 1.165) is 30.4 Å². The highest BCUT2D eigenvalue weighted by Crippen LogP contribution is 2.27. The topological polar surface area (TPSA) is 56.9 Å². The van der Waals surface area contributed by atoms with Crippen LogP contribution in [0.15, 0.2) is 29.3 Å². The summed E-state index contributed by atoms with van der Waals surface area (Å²) in [5.74, 6) is 1.83. The van der Waals surface area contributed by atoms with Crippen LogP contribution < -0.4 is 16.0 Å². The number of anilines is 2. The third-order valence-corrected chi connectivity index (χ3v) is 7.30. The molecule has 0 bridgehead atoms. The molecular formula is C22H35N5S2. The van der Waals surface area contributed by atoms with E-state index in [4.69, 9.17) is 18.0 Å². The van der Waals surface area contributed by atoms with Gasteiger partial charge in [-0.1, -0.05) is 31.0 Å². The van der Waals surface area contributed by atoms with Crippen LogP contribution in [0.3, 0.4) is 0 Å². The number of hydrogen-bond donors (Lipinski definition) is 2. The summed E-state index contributed by atoms with van der Waals surface area (Å²) < 4.78 is 0. The zero-order valence-electron chi connectivity index (χ0n) is 17.8. The summed E-state index contributed by atoms with van der Waals surface area (Å²) in [6.45, 7) is 2.21.